The van der Waals surface area contributed by atoms with Crippen molar-refractivity contribution in [2.24, 2.45) is 0 Å². The van der Waals surface area contributed by atoms with Gasteiger partial charge in [-0.05, 0) is 56.9 Å². The number of anilines is 1. The average Bonchev–Trinajstić information content (AvgIpc) is 3.28. The highest BCUT2D eigenvalue weighted by atomic mass is 32.2. The van der Waals surface area contributed by atoms with Crippen molar-refractivity contribution >= 4 is 21.6 Å². The molecule has 0 unspecified atom stereocenters. The third-order valence-corrected chi connectivity index (χ3v) is 8.44. The summed E-state index contributed by atoms with van der Waals surface area (Å²) in [4.78, 5) is 15.5. The first-order valence-corrected chi connectivity index (χ1v) is 12.2. The van der Waals surface area contributed by atoms with Crippen LogP contribution < -0.4 is 4.90 Å². The largest absolute Gasteiger partial charge is 0.345 e. The SMILES string of the molecule is Cc1cc(C(=O)N2CCc3ccc(S(=O)(=O)N(C)C)cc32)c(C)n1C1CCCCC1. The Balaban J connectivity index is 1.68. The van der Waals surface area contributed by atoms with Crippen LogP contribution in [0, 0.1) is 13.8 Å². The molecule has 0 bridgehead atoms. The Kier molecular flexibility index (Phi) is 5.53. The van der Waals surface area contributed by atoms with E-state index in [0.29, 0.717) is 18.3 Å². The lowest BCUT2D eigenvalue weighted by molar-refractivity contribution is 0.0988. The number of hydrogen-bond acceptors (Lipinski definition) is 3. The van der Waals surface area contributed by atoms with Crippen LogP contribution in [-0.4, -0.2) is 43.8 Å². The van der Waals surface area contributed by atoms with E-state index in [1.165, 1.54) is 50.5 Å². The Morgan fingerprint density at radius 1 is 1.07 bits per heavy atom. The number of carbonyl (C=O) groups is 1. The number of benzene rings is 1. The molecule has 0 atom stereocenters. The minimum Gasteiger partial charge on any atom is -0.345 e. The fourth-order valence-electron chi connectivity index (χ4n) is 4.98. The lowest BCUT2D eigenvalue weighted by Crippen LogP contribution is -2.30. The normalized spacial score (nSPS) is 17.6. The molecule has 1 aliphatic carbocycles. The quantitative estimate of drug-likeness (QED) is 0.736. The summed E-state index contributed by atoms with van der Waals surface area (Å²) in [5.74, 6) is -0.0386. The van der Waals surface area contributed by atoms with Crippen molar-refractivity contribution in [2.45, 2.75) is 63.3 Å². The van der Waals surface area contributed by atoms with Crippen molar-refractivity contribution in [1.29, 1.82) is 0 Å². The highest BCUT2D eigenvalue weighted by Gasteiger charge is 2.31. The number of fused-ring (bicyclic) bond motifs is 1. The minimum absolute atomic E-state index is 0.0386. The molecule has 1 aromatic carbocycles. The lowest BCUT2D eigenvalue weighted by Gasteiger charge is -2.26. The maximum atomic E-state index is 13.5. The number of sulfonamides is 1. The van der Waals surface area contributed by atoms with Crippen LogP contribution in [0.5, 0.6) is 0 Å². The van der Waals surface area contributed by atoms with Crippen molar-refractivity contribution < 1.29 is 13.2 Å². The van der Waals surface area contributed by atoms with Gasteiger partial charge in [-0.3, -0.25) is 4.79 Å². The second-order valence-corrected chi connectivity index (χ2v) is 10.9. The average molecular weight is 430 g/mol. The number of aryl methyl sites for hydroxylation is 1. The van der Waals surface area contributed by atoms with Gasteiger partial charge in [-0.1, -0.05) is 25.3 Å². The molecule has 4 rings (SSSR count). The third kappa shape index (κ3) is 3.48. The zero-order chi connectivity index (χ0) is 21.6. The van der Waals surface area contributed by atoms with Crippen molar-refractivity contribution in [2.75, 3.05) is 25.5 Å². The van der Waals surface area contributed by atoms with Crippen LogP contribution in [0.4, 0.5) is 5.69 Å². The van der Waals surface area contributed by atoms with Gasteiger partial charge in [0.15, 0.2) is 0 Å². The summed E-state index contributed by atoms with van der Waals surface area (Å²) >= 11 is 0. The van der Waals surface area contributed by atoms with E-state index < -0.39 is 10.0 Å². The number of hydrogen-bond donors (Lipinski definition) is 0. The predicted octanol–water partition coefficient (Wildman–Crippen LogP) is 4.06. The van der Waals surface area contributed by atoms with Gasteiger partial charge in [0, 0.05) is 43.8 Å². The summed E-state index contributed by atoms with van der Waals surface area (Å²) in [6.07, 6.45) is 6.86. The van der Waals surface area contributed by atoms with Gasteiger partial charge in [0.1, 0.15) is 0 Å². The number of rotatable bonds is 4. The first-order valence-electron chi connectivity index (χ1n) is 10.8. The zero-order valence-electron chi connectivity index (χ0n) is 18.3. The van der Waals surface area contributed by atoms with E-state index in [2.05, 4.69) is 11.5 Å². The summed E-state index contributed by atoms with van der Waals surface area (Å²) in [5.41, 5.74) is 4.61. The van der Waals surface area contributed by atoms with Gasteiger partial charge >= 0.3 is 0 Å². The number of amides is 1. The van der Waals surface area contributed by atoms with Crippen LogP contribution >= 0.6 is 0 Å². The van der Waals surface area contributed by atoms with Crippen LogP contribution in [0.3, 0.4) is 0 Å². The fraction of sp³-hybridized carbons (Fsp3) is 0.522. The van der Waals surface area contributed by atoms with Crippen molar-refractivity contribution in [3.8, 4) is 0 Å². The maximum absolute atomic E-state index is 13.5. The number of aromatic nitrogens is 1. The van der Waals surface area contributed by atoms with Crippen LogP contribution in [-0.2, 0) is 16.4 Å². The number of nitrogens with zero attached hydrogens (tertiary/aromatic N) is 3. The van der Waals surface area contributed by atoms with E-state index >= 15 is 0 Å². The molecule has 1 aromatic heterocycles. The summed E-state index contributed by atoms with van der Waals surface area (Å²) < 4.78 is 28.7. The molecule has 2 aliphatic rings. The summed E-state index contributed by atoms with van der Waals surface area (Å²) in [6, 6.07) is 7.60. The molecule has 1 saturated carbocycles. The molecule has 2 heterocycles. The van der Waals surface area contributed by atoms with Crippen molar-refractivity contribution in [1.82, 2.24) is 8.87 Å². The van der Waals surface area contributed by atoms with Gasteiger partial charge in [0.25, 0.3) is 5.91 Å². The first-order chi connectivity index (χ1) is 14.2. The highest BCUT2D eigenvalue weighted by Crippen LogP contribution is 2.35. The second kappa shape index (κ2) is 7.85. The lowest BCUT2D eigenvalue weighted by atomic mass is 9.95. The molecule has 6 nitrogen and oxygen atoms in total. The standard InChI is InChI=1S/C23H31N3O3S/c1-16-14-21(17(2)26(16)19-8-6-5-7-9-19)23(27)25-13-12-18-10-11-20(15-22(18)25)30(28,29)24(3)4/h10-11,14-15,19H,5-9,12-13H2,1-4H3. The van der Waals surface area contributed by atoms with E-state index in [1.807, 2.05) is 19.1 Å². The van der Waals surface area contributed by atoms with Gasteiger partial charge in [0.05, 0.1) is 10.5 Å². The monoisotopic (exact) mass is 429 g/mol. The second-order valence-electron chi connectivity index (χ2n) is 8.73. The number of carbonyl (C=O) groups excluding carboxylic acids is 1. The van der Waals surface area contributed by atoms with Gasteiger partial charge in [0.2, 0.25) is 10.0 Å². The van der Waals surface area contributed by atoms with Gasteiger partial charge < -0.3 is 9.47 Å². The molecule has 0 saturated heterocycles. The Morgan fingerprint density at radius 2 is 1.77 bits per heavy atom. The van der Waals surface area contributed by atoms with Crippen LogP contribution in [0.25, 0.3) is 0 Å². The van der Waals surface area contributed by atoms with E-state index in [0.717, 1.165) is 28.9 Å². The molecule has 0 spiro atoms. The van der Waals surface area contributed by atoms with Gasteiger partial charge in [-0.2, -0.15) is 0 Å². The van der Waals surface area contributed by atoms with Crippen molar-refractivity contribution in [3.05, 3.63) is 46.8 Å². The van der Waals surface area contributed by atoms with E-state index in [-0.39, 0.29) is 10.8 Å². The molecule has 0 N–H and O–H groups in total. The predicted molar refractivity (Wildman–Crippen MR) is 119 cm³/mol. The third-order valence-electron chi connectivity index (χ3n) is 6.63. The molecule has 1 fully saturated rings. The van der Waals surface area contributed by atoms with Crippen molar-refractivity contribution in [3.63, 3.8) is 0 Å². The van der Waals surface area contributed by atoms with Crippen LogP contribution in [0.2, 0.25) is 0 Å². The topological polar surface area (TPSA) is 62.6 Å². The zero-order valence-corrected chi connectivity index (χ0v) is 19.1. The molecule has 2 aromatic rings. The van der Waals surface area contributed by atoms with E-state index in [4.69, 9.17) is 0 Å². The highest BCUT2D eigenvalue weighted by molar-refractivity contribution is 7.89. The molecular weight excluding hydrogens is 398 g/mol. The molecular formula is C23H31N3O3S. The molecule has 1 amide bonds. The fourth-order valence-corrected chi connectivity index (χ4v) is 5.90. The molecule has 0 radical (unpaired) electrons. The Bertz CT molecular complexity index is 1080. The summed E-state index contributed by atoms with van der Waals surface area (Å²) in [5, 5.41) is 0. The Labute approximate surface area is 179 Å². The molecule has 7 heteroatoms. The minimum atomic E-state index is -3.55. The first kappa shape index (κ1) is 21.1. The maximum Gasteiger partial charge on any atom is 0.260 e. The molecule has 30 heavy (non-hydrogen) atoms. The summed E-state index contributed by atoms with van der Waals surface area (Å²) in [6.45, 7) is 4.70. The smallest absolute Gasteiger partial charge is 0.260 e. The van der Waals surface area contributed by atoms with E-state index in [1.54, 1.807) is 17.0 Å². The van der Waals surface area contributed by atoms with Crippen LogP contribution in [0.15, 0.2) is 29.2 Å². The van der Waals surface area contributed by atoms with Gasteiger partial charge in [-0.25, -0.2) is 12.7 Å². The molecule has 162 valence electrons. The van der Waals surface area contributed by atoms with Crippen LogP contribution in [0.1, 0.15) is 65.5 Å². The Morgan fingerprint density at radius 3 is 2.43 bits per heavy atom. The van der Waals surface area contributed by atoms with E-state index in [9.17, 15) is 13.2 Å². The Hall–Kier alpha value is -2.12. The molecule has 1 aliphatic heterocycles. The summed E-state index contributed by atoms with van der Waals surface area (Å²) in [7, 11) is -0.507. The van der Waals surface area contributed by atoms with Gasteiger partial charge in [-0.15, -0.1) is 0 Å².